The third kappa shape index (κ3) is 4.34. The zero-order valence-corrected chi connectivity index (χ0v) is 16.2. The van der Waals surface area contributed by atoms with Gasteiger partial charge in [-0.05, 0) is 85.4 Å². The van der Waals surface area contributed by atoms with E-state index in [0.717, 1.165) is 22.3 Å². The first-order valence-electron chi connectivity index (χ1n) is 8.79. The van der Waals surface area contributed by atoms with Gasteiger partial charge in [0.1, 0.15) is 5.75 Å². The highest BCUT2D eigenvalue weighted by molar-refractivity contribution is 5.96. The molecule has 1 N–H and O–H groups in total. The van der Waals surface area contributed by atoms with Crippen LogP contribution in [0.5, 0.6) is 5.75 Å². The van der Waals surface area contributed by atoms with Gasteiger partial charge >= 0.3 is 0 Å². The molecule has 3 rings (SSSR count). The third-order valence-electron chi connectivity index (χ3n) is 4.39. The lowest BCUT2D eigenvalue weighted by Crippen LogP contribution is -2.30. The summed E-state index contributed by atoms with van der Waals surface area (Å²) in [6.45, 7) is 9.72. The number of rotatable bonds is 5. The Morgan fingerprint density at radius 1 is 1.00 bits per heavy atom. The van der Waals surface area contributed by atoms with E-state index < -0.39 is 6.10 Å². The summed E-state index contributed by atoms with van der Waals surface area (Å²) < 4.78 is 10.6. The summed E-state index contributed by atoms with van der Waals surface area (Å²) in [4.78, 5) is 12.5. The molecule has 3 aromatic rings. The minimum atomic E-state index is -0.699. The Balaban J connectivity index is 1.74. The molecule has 0 spiro atoms. The van der Waals surface area contributed by atoms with E-state index in [4.69, 9.17) is 9.37 Å². The molecule has 140 valence electrons. The Morgan fingerprint density at radius 3 is 2.37 bits per heavy atom. The summed E-state index contributed by atoms with van der Waals surface area (Å²) in [5, 5.41) is 10.5. The van der Waals surface area contributed by atoms with Gasteiger partial charge in [-0.25, -0.2) is 4.63 Å². The fourth-order valence-corrected chi connectivity index (χ4v) is 2.83. The number of nitrogens with one attached hydrogen (secondary N) is 1. The van der Waals surface area contributed by atoms with Crippen molar-refractivity contribution < 1.29 is 14.2 Å². The molecule has 6 nitrogen and oxygen atoms in total. The summed E-state index contributed by atoms with van der Waals surface area (Å²) in [6, 6.07) is 11.8. The number of hydrogen-bond acceptors (Lipinski definition) is 5. The smallest absolute Gasteiger partial charge is 0.266 e. The second-order valence-electron chi connectivity index (χ2n) is 6.83. The largest absolute Gasteiger partial charge is 0.481 e. The van der Waals surface area contributed by atoms with E-state index in [1.54, 1.807) is 6.92 Å². The molecule has 0 fully saturated rings. The Bertz CT molecular complexity index is 958. The van der Waals surface area contributed by atoms with Crippen LogP contribution in [-0.2, 0) is 4.79 Å². The normalized spacial score (nSPS) is 11.9. The topological polar surface area (TPSA) is 77.2 Å². The molecule has 0 unspecified atom stereocenters. The van der Waals surface area contributed by atoms with Gasteiger partial charge in [0.2, 0.25) is 5.82 Å². The van der Waals surface area contributed by atoms with Crippen molar-refractivity contribution >= 4 is 11.7 Å². The van der Waals surface area contributed by atoms with E-state index in [1.165, 1.54) is 5.56 Å². The monoisotopic (exact) mass is 365 g/mol. The zero-order valence-electron chi connectivity index (χ0n) is 16.2. The van der Waals surface area contributed by atoms with Crippen LogP contribution in [0.1, 0.15) is 29.2 Å². The van der Waals surface area contributed by atoms with Gasteiger partial charge in [-0.3, -0.25) is 4.79 Å². The number of aromatic nitrogens is 2. The lowest BCUT2D eigenvalue weighted by atomic mass is 10.0. The van der Waals surface area contributed by atoms with Crippen LogP contribution in [0.15, 0.2) is 41.0 Å². The number of nitrogens with zero attached hydrogens (tertiary/aromatic N) is 2. The summed E-state index contributed by atoms with van der Waals surface area (Å²) >= 11 is 0. The van der Waals surface area contributed by atoms with Crippen LogP contribution in [0.4, 0.5) is 5.82 Å². The average molecular weight is 365 g/mol. The number of amides is 1. The Hall–Kier alpha value is -3.15. The van der Waals surface area contributed by atoms with Gasteiger partial charge in [0.05, 0.1) is 0 Å². The highest BCUT2D eigenvalue weighted by atomic mass is 16.6. The molecule has 1 heterocycles. The first-order valence-corrected chi connectivity index (χ1v) is 8.79. The molecule has 1 aromatic heterocycles. The highest BCUT2D eigenvalue weighted by Gasteiger charge is 2.20. The van der Waals surface area contributed by atoms with Crippen LogP contribution in [0.25, 0.3) is 11.3 Å². The quantitative estimate of drug-likeness (QED) is 0.726. The number of ether oxygens (including phenoxy) is 1. The molecule has 0 aliphatic rings. The summed E-state index contributed by atoms with van der Waals surface area (Å²) in [5.74, 6) is 0.608. The van der Waals surface area contributed by atoms with E-state index in [2.05, 4.69) is 21.7 Å². The number of carbonyl (C=O) groups excluding carboxylic acids is 1. The summed E-state index contributed by atoms with van der Waals surface area (Å²) in [6.07, 6.45) is -0.699. The molecular weight excluding hydrogens is 342 g/mol. The van der Waals surface area contributed by atoms with E-state index in [1.807, 2.05) is 58.0 Å². The van der Waals surface area contributed by atoms with E-state index >= 15 is 0 Å². The van der Waals surface area contributed by atoms with Crippen molar-refractivity contribution in [2.75, 3.05) is 5.32 Å². The number of anilines is 1. The lowest BCUT2D eigenvalue weighted by Gasteiger charge is -2.15. The van der Waals surface area contributed by atoms with E-state index in [9.17, 15) is 4.79 Å². The van der Waals surface area contributed by atoms with E-state index in [-0.39, 0.29) is 11.7 Å². The predicted molar refractivity (Wildman–Crippen MR) is 104 cm³/mol. The standard InChI is InChI=1S/C21H23N3O3/c1-12-8-13(2)10-18(9-12)26-16(5)21(25)22-20-19(23-27-24-20)17-7-6-14(3)15(4)11-17/h6-11,16H,1-5H3,(H,22,24,25)/t16-/m1/s1. The van der Waals surface area contributed by atoms with Gasteiger partial charge in [0, 0.05) is 5.56 Å². The van der Waals surface area contributed by atoms with Gasteiger partial charge in [0.15, 0.2) is 11.8 Å². The Morgan fingerprint density at radius 2 is 1.70 bits per heavy atom. The molecule has 1 amide bonds. The molecule has 0 saturated heterocycles. The van der Waals surface area contributed by atoms with Crippen LogP contribution in [-0.4, -0.2) is 22.3 Å². The molecule has 0 bridgehead atoms. The molecule has 0 saturated carbocycles. The molecule has 0 aliphatic carbocycles. The molecule has 1 atom stereocenters. The summed E-state index contributed by atoms with van der Waals surface area (Å²) in [5.41, 5.74) is 5.78. The number of carbonyl (C=O) groups is 1. The fourth-order valence-electron chi connectivity index (χ4n) is 2.83. The molecule has 2 aromatic carbocycles. The SMILES string of the molecule is Cc1cc(C)cc(O[C@H](C)C(=O)Nc2nonc2-c2ccc(C)c(C)c2)c1. The Labute approximate surface area is 158 Å². The number of hydrogen-bond donors (Lipinski definition) is 1. The second kappa shape index (κ2) is 7.61. The van der Waals surface area contributed by atoms with Crippen molar-refractivity contribution in [3.63, 3.8) is 0 Å². The van der Waals surface area contributed by atoms with Crippen LogP contribution >= 0.6 is 0 Å². The molecular formula is C21H23N3O3. The number of benzene rings is 2. The first-order chi connectivity index (χ1) is 12.8. The van der Waals surface area contributed by atoms with Crippen LogP contribution in [0.2, 0.25) is 0 Å². The van der Waals surface area contributed by atoms with E-state index in [0.29, 0.717) is 11.4 Å². The maximum Gasteiger partial charge on any atom is 0.266 e. The maximum absolute atomic E-state index is 12.5. The maximum atomic E-state index is 12.5. The number of aryl methyl sites for hydroxylation is 4. The van der Waals surface area contributed by atoms with Gasteiger partial charge in [-0.15, -0.1) is 0 Å². The molecule has 27 heavy (non-hydrogen) atoms. The van der Waals surface area contributed by atoms with Gasteiger partial charge in [0.25, 0.3) is 5.91 Å². The highest BCUT2D eigenvalue weighted by Crippen LogP contribution is 2.26. The molecule has 0 aliphatic heterocycles. The Kier molecular flexibility index (Phi) is 5.26. The van der Waals surface area contributed by atoms with Crippen LogP contribution in [0.3, 0.4) is 0 Å². The molecule has 0 radical (unpaired) electrons. The first kappa shape index (κ1) is 18.6. The van der Waals surface area contributed by atoms with Gasteiger partial charge in [-0.2, -0.15) is 0 Å². The van der Waals surface area contributed by atoms with Crippen molar-refractivity contribution in [2.45, 2.75) is 40.7 Å². The summed E-state index contributed by atoms with van der Waals surface area (Å²) in [7, 11) is 0. The minimum Gasteiger partial charge on any atom is -0.481 e. The van der Waals surface area contributed by atoms with Crippen molar-refractivity contribution in [3.05, 3.63) is 58.7 Å². The lowest BCUT2D eigenvalue weighted by molar-refractivity contribution is -0.122. The van der Waals surface area contributed by atoms with Crippen LogP contribution < -0.4 is 10.1 Å². The zero-order chi connectivity index (χ0) is 19.6. The molecule has 6 heteroatoms. The fraction of sp³-hybridized carbons (Fsp3) is 0.286. The van der Waals surface area contributed by atoms with Gasteiger partial charge in [-0.1, -0.05) is 18.2 Å². The van der Waals surface area contributed by atoms with Gasteiger partial charge < -0.3 is 10.1 Å². The minimum absolute atomic E-state index is 0.277. The predicted octanol–water partition coefficient (Wildman–Crippen LogP) is 4.38. The van der Waals surface area contributed by atoms with Crippen molar-refractivity contribution in [3.8, 4) is 17.0 Å². The second-order valence-corrected chi connectivity index (χ2v) is 6.83. The van der Waals surface area contributed by atoms with Crippen molar-refractivity contribution in [1.29, 1.82) is 0 Å². The average Bonchev–Trinajstić information content (AvgIpc) is 3.04. The van der Waals surface area contributed by atoms with Crippen molar-refractivity contribution in [1.82, 2.24) is 10.3 Å². The third-order valence-corrected chi connectivity index (χ3v) is 4.39. The van der Waals surface area contributed by atoms with Crippen molar-refractivity contribution in [2.24, 2.45) is 0 Å². The van der Waals surface area contributed by atoms with Crippen LogP contribution in [0, 0.1) is 27.7 Å².